The molecule has 0 N–H and O–H groups in total. The molecule has 1 saturated heterocycles. The molecule has 1 aliphatic heterocycles. The van der Waals surface area contributed by atoms with Crippen LogP contribution < -0.4 is 0 Å². The third kappa shape index (κ3) is 5.57. The minimum atomic E-state index is -0.558. The van der Waals surface area contributed by atoms with E-state index in [2.05, 4.69) is 25.4 Å². The van der Waals surface area contributed by atoms with Crippen LogP contribution in [0.5, 0.6) is 0 Å². The maximum Gasteiger partial charge on any atom is 0.410 e. The van der Waals surface area contributed by atoms with E-state index < -0.39 is 5.60 Å². The predicted molar refractivity (Wildman–Crippen MR) is 156 cm³/mol. The molecule has 0 radical (unpaired) electrons. The van der Waals surface area contributed by atoms with Crippen molar-refractivity contribution in [3.63, 3.8) is 0 Å². The van der Waals surface area contributed by atoms with Crippen LogP contribution in [0.25, 0.3) is 44.9 Å². The normalized spacial score (nSPS) is 13.9. The Bertz CT molecular complexity index is 1800. The number of imidazole rings is 1. The van der Waals surface area contributed by atoms with E-state index in [1.165, 1.54) is 6.07 Å². The van der Waals surface area contributed by atoms with Crippen LogP contribution in [0, 0.1) is 5.82 Å². The van der Waals surface area contributed by atoms with Gasteiger partial charge < -0.3 is 23.4 Å². The number of carbonyl (C=O) groups is 1. The Hall–Kier alpha value is -4.71. The number of fused-ring (bicyclic) bond motifs is 1. The maximum atomic E-state index is 15.3. The Morgan fingerprint density at radius 3 is 2.58 bits per heavy atom. The summed E-state index contributed by atoms with van der Waals surface area (Å²) in [7, 11) is 1.59. The summed E-state index contributed by atoms with van der Waals surface area (Å²) in [6, 6.07) is 10.5. The lowest BCUT2D eigenvalue weighted by Crippen LogP contribution is -2.50. The second-order valence-electron chi connectivity index (χ2n) is 11.5. The number of likely N-dealkylation sites (tertiary alicyclic amines) is 1. The molecule has 12 heteroatoms. The summed E-state index contributed by atoms with van der Waals surface area (Å²) in [6.45, 7) is 9.34. The molecule has 1 aliphatic rings. The Kier molecular flexibility index (Phi) is 7.38. The number of ether oxygens (including phenoxy) is 2. The third-order valence-corrected chi connectivity index (χ3v) is 7.29. The summed E-state index contributed by atoms with van der Waals surface area (Å²) in [5, 5.41) is 16.9. The van der Waals surface area contributed by atoms with Crippen LogP contribution >= 0.6 is 0 Å². The van der Waals surface area contributed by atoms with Crippen LogP contribution in [0.2, 0.25) is 0 Å². The molecule has 5 aromatic rings. The molecule has 0 aliphatic carbocycles. The van der Waals surface area contributed by atoms with E-state index in [1.54, 1.807) is 36.7 Å². The monoisotopic (exact) mass is 585 g/mol. The van der Waals surface area contributed by atoms with Gasteiger partial charge in [0, 0.05) is 43.4 Å². The lowest BCUT2D eigenvalue weighted by Gasteiger charge is -2.37. The van der Waals surface area contributed by atoms with Crippen LogP contribution in [0.3, 0.4) is 0 Å². The second kappa shape index (κ2) is 11.2. The van der Waals surface area contributed by atoms with Crippen LogP contribution in [-0.2, 0) is 22.6 Å². The van der Waals surface area contributed by atoms with Crippen molar-refractivity contribution in [1.82, 2.24) is 34.8 Å². The standard InChI is InChI=1S/C31H32FN7O4/c1-6-38-17-33-26-24(13-34-35-27(26)38)18-8-10-25(32)23(12-18)22-9-7-19(11-20(22)16-41-5)28-36-37-29(42-28)21-14-39(15-21)30(40)43-31(2,3)4/h7-13,17,21H,6,14-16H2,1-5H3. The van der Waals surface area contributed by atoms with E-state index in [4.69, 9.17) is 13.9 Å². The molecule has 0 atom stereocenters. The number of rotatable bonds is 7. The fraction of sp³-hybridized carbons (Fsp3) is 0.355. The van der Waals surface area contributed by atoms with E-state index in [0.717, 1.165) is 16.7 Å². The highest BCUT2D eigenvalue weighted by molar-refractivity contribution is 5.90. The van der Waals surface area contributed by atoms with Gasteiger partial charge in [-0.2, -0.15) is 5.10 Å². The highest BCUT2D eigenvalue weighted by atomic mass is 19.1. The number of hydrogen-bond donors (Lipinski definition) is 0. The fourth-order valence-corrected chi connectivity index (χ4v) is 5.11. The van der Waals surface area contributed by atoms with Crippen molar-refractivity contribution >= 4 is 17.3 Å². The lowest BCUT2D eigenvalue weighted by molar-refractivity contribution is 0.00609. The summed E-state index contributed by atoms with van der Waals surface area (Å²) in [6.07, 6.45) is 3.01. The molecule has 222 valence electrons. The second-order valence-corrected chi connectivity index (χ2v) is 11.5. The number of hydrogen-bond acceptors (Lipinski definition) is 9. The van der Waals surface area contributed by atoms with Crippen LogP contribution in [-0.4, -0.2) is 66.7 Å². The number of halogens is 1. The van der Waals surface area contributed by atoms with Crippen molar-refractivity contribution in [2.24, 2.45) is 0 Å². The molecular weight excluding hydrogens is 553 g/mol. The number of methoxy groups -OCH3 is 1. The molecule has 43 heavy (non-hydrogen) atoms. The summed E-state index contributed by atoms with van der Waals surface area (Å²) in [5.41, 5.74) is 4.88. The van der Waals surface area contributed by atoms with Gasteiger partial charge in [-0.15, -0.1) is 15.3 Å². The van der Waals surface area contributed by atoms with Gasteiger partial charge >= 0.3 is 6.09 Å². The first-order valence-corrected chi connectivity index (χ1v) is 14.1. The van der Waals surface area contributed by atoms with Crippen LogP contribution in [0.4, 0.5) is 9.18 Å². The van der Waals surface area contributed by atoms with E-state index in [1.807, 2.05) is 50.5 Å². The number of nitrogens with zero attached hydrogens (tertiary/aromatic N) is 7. The topological polar surface area (TPSA) is 121 Å². The smallest absolute Gasteiger partial charge is 0.410 e. The van der Waals surface area contributed by atoms with E-state index >= 15 is 4.39 Å². The summed E-state index contributed by atoms with van der Waals surface area (Å²) in [5.74, 6) is 0.348. The van der Waals surface area contributed by atoms with Crippen molar-refractivity contribution in [3.8, 4) is 33.7 Å². The molecule has 0 unspecified atom stereocenters. The van der Waals surface area contributed by atoms with E-state index in [-0.39, 0.29) is 24.4 Å². The number of aryl methyl sites for hydroxylation is 1. The van der Waals surface area contributed by atoms with Crippen molar-refractivity contribution in [2.75, 3.05) is 20.2 Å². The van der Waals surface area contributed by atoms with Gasteiger partial charge in [0.05, 0.1) is 25.0 Å². The van der Waals surface area contributed by atoms with Gasteiger partial charge in [-0.05, 0) is 68.7 Å². The highest BCUT2D eigenvalue weighted by Crippen LogP contribution is 2.36. The SMILES string of the molecule is CCn1cnc2c(-c3ccc(F)c(-c4ccc(-c5nnc(C6CN(C(=O)OC(C)(C)C)C6)o5)cc4COC)c3)cnnc21. The van der Waals surface area contributed by atoms with Gasteiger partial charge in [-0.3, -0.25) is 0 Å². The Morgan fingerprint density at radius 1 is 1.05 bits per heavy atom. The average molecular weight is 586 g/mol. The Labute approximate surface area is 247 Å². The van der Waals surface area contributed by atoms with E-state index in [9.17, 15) is 4.79 Å². The first kappa shape index (κ1) is 28.4. The first-order chi connectivity index (χ1) is 20.6. The summed E-state index contributed by atoms with van der Waals surface area (Å²) in [4.78, 5) is 18.4. The zero-order chi connectivity index (χ0) is 30.3. The number of aromatic nitrogens is 6. The zero-order valence-electron chi connectivity index (χ0n) is 24.7. The molecule has 1 fully saturated rings. The molecule has 0 bridgehead atoms. The van der Waals surface area contributed by atoms with Crippen molar-refractivity contribution < 1.29 is 23.1 Å². The number of amides is 1. The molecule has 1 amide bonds. The minimum Gasteiger partial charge on any atom is -0.444 e. The minimum absolute atomic E-state index is 0.0683. The largest absolute Gasteiger partial charge is 0.444 e. The Morgan fingerprint density at radius 2 is 1.84 bits per heavy atom. The number of benzene rings is 2. The summed E-state index contributed by atoms with van der Waals surface area (Å²) < 4.78 is 34.1. The fourth-order valence-electron chi connectivity index (χ4n) is 5.11. The van der Waals surface area contributed by atoms with Crippen LogP contribution in [0.1, 0.15) is 45.1 Å². The van der Waals surface area contributed by atoms with Crippen molar-refractivity contribution in [1.29, 1.82) is 0 Å². The third-order valence-electron chi connectivity index (χ3n) is 7.29. The molecule has 3 aromatic heterocycles. The molecule has 6 rings (SSSR count). The number of carbonyl (C=O) groups excluding carboxylic acids is 1. The van der Waals surface area contributed by atoms with E-state index in [0.29, 0.717) is 59.3 Å². The van der Waals surface area contributed by atoms with Crippen LogP contribution in [0.15, 0.2) is 53.3 Å². The van der Waals surface area contributed by atoms with Crippen molar-refractivity contribution in [3.05, 3.63) is 66.2 Å². The summed E-state index contributed by atoms with van der Waals surface area (Å²) >= 11 is 0. The molecule has 2 aromatic carbocycles. The lowest BCUT2D eigenvalue weighted by atomic mass is 9.94. The molecule has 4 heterocycles. The van der Waals surface area contributed by atoms with Crippen molar-refractivity contribution in [2.45, 2.75) is 52.4 Å². The molecule has 11 nitrogen and oxygen atoms in total. The predicted octanol–water partition coefficient (Wildman–Crippen LogP) is 5.85. The van der Waals surface area contributed by atoms with Gasteiger partial charge in [0.15, 0.2) is 5.65 Å². The van der Waals surface area contributed by atoms with Gasteiger partial charge in [0.1, 0.15) is 16.9 Å². The molecule has 0 saturated carbocycles. The first-order valence-electron chi connectivity index (χ1n) is 14.1. The molecular formula is C31H32FN7O4. The quantitative estimate of drug-likeness (QED) is 0.231. The maximum absolute atomic E-state index is 15.3. The van der Waals surface area contributed by atoms with Gasteiger partial charge in [-0.1, -0.05) is 12.1 Å². The zero-order valence-corrected chi connectivity index (χ0v) is 24.7. The van der Waals surface area contributed by atoms with Gasteiger partial charge in [0.25, 0.3) is 0 Å². The molecule has 0 spiro atoms. The van der Waals surface area contributed by atoms with Gasteiger partial charge in [0.2, 0.25) is 11.8 Å². The highest BCUT2D eigenvalue weighted by Gasteiger charge is 2.37. The van der Waals surface area contributed by atoms with Gasteiger partial charge in [-0.25, -0.2) is 14.2 Å². The Balaban J connectivity index is 1.27. The average Bonchev–Trinajstić information content (AvgIpc) is 3.59.